The molecule has 0 saturated carbocycles. The summed E-state index contributed by atoms with van der Waals surface area (Å²) in [5.74, 6) is -0.590. The van der Waals surface area contributed by atoms with Gasteiger partial charge in [-0.3, -0.25) is 4.79 Å². The fraction of sp³-hybridized carbons (Fsp3) is 0.898. The van der Waals surface area contributed by atoms with E-state index in [-0.39, 0.29) is 0 Å². The lowest BCUT2D eigenvalue weighted by molar-refractivity contribution is -0.132. The van der Waals surface area contributed by atoms with E-state index in [0.29, 0.717) is 12.8 Å². The quantitative estimate of drug-likeness (QED) is 0.0313. The van der Waals surface area contributed by atoms with Crippen molar-refractivity contribution in [3.8, 4) is 0 Å². The number of nitrogens with one attached hydrogen (secondary N) is 1. The maximum Gasteiger partial charge on any atom is 0.249 e. The maximum atomic E-state index is 12.5. The van der Waals surface area contributed by atoms with Crippen LogP contribution >= 0.6 is 0 Å². The van der Waals surface area contributed by atoms with Gasteiger partial charge in [0.15, 0.2) is 0 Å². The van der Waals surface area contributed by atoms with E-state index in [1.54, 1.807) is 0 Å². The molecule has 0 heterocycles. The largest absolute Gasteiger partial charge is 0.394 e. The Hall–Kier alpha value is -1.21. The molecule has 0 spiro atoms. The molecule has 0 aliphatic rings. The number of aliphatic hydroxyl groups is 4. The van der Waals surface area contributed by atoms with E-state index in [0.717, 1.165) is 57.8 Å². The Labute approximate surface area is 342 Å². The number of hydrogen-bond donors (Lipinski definition) is 5. The first-order valence-electron chi connectivity index (χ1n) is 24.2. The van der Waals surface area contributed by atoms with Crippen LogP contribution in [0.25, 0.3) is 0 Å². The van der Waals surface area contributed by atoms with Crippen LogP contribution in [0.2, 0.25) is 0 Å². The lowest BCUT2D eigenvalue weighted by Gasteiger charge is -2.27. The molecule has 0 aliphatic heterocycles. The highest BCUT2D eigenvalue weighted by Crippen LogP contribution is 2.17. The van der Waals surface area contributed by atoms with Gasteiger partial charge in [-0.15, -0.1) is 0 Å². The second kappa shape index (κ2) is 43.9. The predicted molar refractivity (Wildman–Crippen MR) is 237 cm³/mol. The summed E-state index contributed by atoms with van der Waals surface area (Å²) in [6.07, 6.45) is 50.7. The fourth-order valence-electron chi connectivity index (χ4n) is 7.55. The monoisotopic (exact) mass is 778 g/mol. The average molecular weight is 778 g/mol. The molecule has 55 heavy (non-hydrogen) atoms. The zero-order chi connectivity index (χ0) is 40.3. The first kappa shape index (κ1) is 53.8. The molecule has 4 unspecified atom stereocenters. The molecule has 0 aromatic rings. The minimum absolute atomic E-state index is 0.358. The van der Waals surface area contributed by atoms with Gasteiger partial charge < -0.3 is 25.7 Å². The van der Waals surface area contributed by atoms with Crippen molar-refractivity contribution in [1.82, 2.24) is 5.32 Å². The van der Waals surface area contributed by atoms with Crippen molar-refractivity contribution in [2.24, 2.45) is 0 Å². The van der Waals surface area contributed by atoms with E-state index < -0.39 is 36.9 Å². The molecule has 0 saturated heterocycles. The third-order valence-corrected chi connectivity index (χ3v) is 11.4. The standard InChI is InChI=1S/C49H95NO5/c1-3-5-7-9-11-13-15-17-19-21-22-23-24-25-26-27-29-30-32-34-36-38-40-42-46(52)48(54)45(44-51)50-49(55)47(53)43-41-39-37-35-33-31-28-20-18-16-14-12-10-8-6-4-2/h12,14,18,20,45-48,51-54H,3-11,13,15-17,19,21-44H2,1-2H3,(H,50,55)/b14-12-,20-18-. The Morgan fingerprint density at radius 1 is 0.455 bits per heavy atom. The Bertz CT molecular complexity index is 832. The van der Waals surface area contributed by atoms with Gasteiger partial charge in [0.05, 0.1) is 18.8 Å². The van der Waals surface area contributed by atoms with Crippen molar-refractivity contribution < 1.29 is 25.2 Å². The van der Waals surface area contributed by atoms with Gasteiger partial charge in [0, 0.05) is 0 Å². The number of hydrogen-bond acceptors (Lipinski definition) is 5. The number of rotatable bonds is 44. The van der Waals surface area contributed by atoms with E-state index >= 15 is 0 Å². The SMILES string of the molecule is CCCCC/C=C\C/C=C\CCCCCCCCC(O)C(=O)NC(CO)C(O)C(O)CCCCCCCCCCCCCCCCCCCCCCCCC. The van der Waals surface area contributed by atoms with Crippen LogP contribution in [0, 0.1) is 0 Å². The number of aliphatic hydroxyl groups excluding tert-OH is 4. The van der Waals surface area contributed by atoms with Gasteiger partial charge in [-0.05, 0) is 44.9 Å². The van der Waals surface area contributed by atoms with Crippen molar-refractivity contribution >= 4 is 5.91 Å². The fourth-order valence-corrected chi connectivity index (χ4v) is 7.55. The van der Waals surface area contributed by atoms with Gasteiger partial charge in [-0.1, -0.05) is 231 Å². The summed E-state index contributed by atoms with van der Waals surface area (Å²) in [6.45, 7) is 4.04. The Kier molecular flexibility index (Phi) is 42.9. The van der Waals surface area contributed by atoms with Crippen LogP contribution < -0.4 is 5.32 Å². The highest BCUT2D eigenvalue weighted by Gasteiger charge is 2.28. The van der Waals surface area contributed by atoms with Crippen LogP contribution in [-0.2, 0) is 4.79 Å². The van der Waals surface area contributed by atoms with Crippen molar-refractivity contribution in [2.75, 3.05) is 6.61 Å². The highest BCUT2D eigenvalue weighted by atomic mass is 16.3. The van der Waals surface area contributed by atoms with Crippen LogP contribution in [-0.4, -0.2) is 57.3 Å². The smallest absolute Gasteiger partial charge is 0.249 e. The molecule has 326 valence electrons. The molecule has 6 nitrogen and oxygen atoms in total. The van der Waals surface area contributed by atoms with Crippen molar-refractivity contribution in [3.05, 3.63) is 24.3 Å². The molecule has 0 fully saturated rings. The number of carbonyl (C=O) groups is 1. The number of unbranched alkanes of at least 4 members (excludes halogenated alkanes) is 31. The molecule has 6 heteroatoms. The first-order valence-corrected chi connectivity index (χ1v) is 24.2. The summed E-state index contributed by atoms with van der Waals surface area (Å²) in [4.78, 5) is 12.5. The molecule has 0 rings (SSSR count). The van der Waals surface area contributed by atoms with Crippen molar-refractivity contribution in [1.29, 1.82) is 0 Å². The van der Waals surface area contributed by atoms with E-state index in [1.807, 2.05) is 0 Å². The van der Waals surface area contributed by atoms with E-state index in [9.17, 15) is 25.2 Å². The summed E-state index contributed by atoms with van der Waals surface area (Å²) < 4.78 is 0. The molecule has 5 N–H and O–H groups in total. The lowest BCUT2D eigenvalue weighted by Crippen LogP contribution is -2.53. The van der Waals surface area contributed by atoms with Gasteiger partial charge in [-0.25, -0.2) is 0 Å². The predicted octanol–water partition coefficient (Wildman–Crippen LogP) is 13.1. The van der Waals surface area contributed by atoms with Crippen LogP contribution in [0.3, 0.4) is 0 Å². The number of carbonyl (C=O) groups excluding carboxylic acids is 1. The molecule has 0 aromatic heterocycles. The van der Waals surface area contributed by atoms with E-state index in [4.69, 9.17) is 0 Å². The molecular formula is C49H95NO5. The number of allylic oxidation sites excluding steroid dienone is 4. The normalized spacial score (nSPS) is 14.2. The molecule has 1 amide bonds. The Balaban J connectivity index is 3.68. The summed E-state index contributed by atoms with van der Waals surface area (Å²) in [5, 5.41) is 43.8. The molecule has 0 radical (unpaired) electrons. The minimum atomic E-state index is -1.26. The zero-order valence-electron chi connectivity index (χ0n) is 36.7. The summed E-state index contributed by atoms with van der Waals surface area (Å²) >= 11 is 0. The highest BCUT2D eigenvalue weighted by molar-refractivity contribution is 5.80. The van der Waals surface area contributed by atoms with Crippen LogP contribution in [0.5, 0.6) is 0 Å². The molecule has 0 aliphatic carbocycles. The topological polar surface area (TPSA) is 110 Å². The van der Waals surface area contributed by atoms with Gasteiger partial charge in [0.1, 0.15) is 12.2 Å². The van der Waals surface area contributed by atoms with Gasteiger partial charge in [0.25, 0.3) is 0 Å². The van der Waals surface area contributed by atoms with E-state index in [2.05, 4.69) is 43.5 Å². The van der Waals surface area contributed by atoms with Crippen LogP contribution in [0.15, 0.2) is 24.3 Å². The van der Waals surface area contributed by atoms with E-state index in [1.165, 1.54) is 167 Å². The first-order chi connectivity index (χ1) is 27.0. The summed E-state index contributed by atoms with van der Waals surface area (Å²) in [5.41, 5.74) is 0. The second-order valence-electron chi connectivity index (χ2n) is 16.8. The van der Waals surface area contributed by atoms with Crippen LogP contribution in [0.1, 0.15) is 251 Å². The van der Waals surface area contributed by atoms with Gasteiger partial charge in [-0.2, -0.15) is 0 Å². The average Bonchev–Trinajstić information content (AvgIpc) is 3.19. The number of amides is 1. The minimum Gasteiger partial charge on any atom is -0.394 e. The Morgan fingerprint density at radius 3 is 1.18 bits per heavy atom. The molecule has 0 bridgehead atoms. The lowest BCUT2D eigenvalue weighted by atomic mass is 9.99. The van der Waals surface area contributed by atoms with Crippen molar-refractivity contribution in [3.63, 3.8) is 0 Å². The molecule has 4 atom stereocenters. The van der Waals surface area contributed by atoms with Crippen molar-refractivity contribution in [2.45, 2.75) is 276 Å². The zero-order valence-corrected chi connectivity index (χ0v) is 36.7. The summed E-state index contributed by atoms with van der Waals surface area (Å²) in [7, 11) is 0. The maximum absolute atomic E-state index is 12.5. The van der Waals surface area contributed by atoms with Gasteiger partial charge >= 0.3 is 0 Å². The van der Waals surface area contributed by atoms with Gasteiger partial charge in [0.2, 0.25) is 5.91 Å². The Morgan fingerprint density at radius 2 is 0.782 bits per heavy atom. The molecular weight excluding hydrogens is 683 g/mol. The van der Waals surface area contributed by atoms with Crippen LogP contribution in [0.4, 0.5) is 0 Å². The molecule has 0 aromatic carbocycles. The third-order valence-electron chi connectivity index (χ3n) is 11.4. The summed E-state index contributed by atoms with van der Waals surface area (Å²) in [6, 6.07) is -0.988. The second-order valence-corrected chi connectivity index (χ2v) is 16.8. The third kappa shape index (κ3) is 38.1.